The minimum Gasteiger partial charge on any atom is -0.420 e. The van der Waals surface area contributed by atoms with Gasteiger partial charge in [-0.25, -0.2) is 28.8 Å². The number of hydrogen-bond acceptors (Lipinski definition) is 21. The average Bonchev–Trinajstić information content (AvgIpc) is 2.56. The molecule has 2 aromatic carbocycles. The Bertz CT molecular complexity index is 2580. The molecule has 2 heterocycles. The zero-order valence-corrected chi connectivity index (χ0v) is 47.1. The van der Waals surface area contributed by atoms with Crippen LogP contribution in [-0.2, 0) is 83.3 Å². The molecule has 0 radical (unpaired) electrons. The van der Waals surface area contributed by atoms with Gasteiger partial charge in [0.25, 0.3) is 5.91 Å². The van der Waals surface area contributed by atoms with Crippen molar-refractivity contribution < 1.29 is 102 Å². The third kappa shape index (κ3) is 26.3. The maximum atomic E-state index is 14.0. The Morgan fingerprint density at radius 2 is 1.12 bits per heavy atom. The van der Waals surface area contributed by atoms with E-state index in [4.69, 9.17) is 62.5 Å². The Labute approximate surface area is 473 Å². The topological polar surface area (TPSA) is 296 Å². The minimum absolute atomic E-state index is 0.0155. The van der Waals surface area contributed by atoms with E-state index in [0.29, 0.717) is 129 Å². The lowest BCUT2D eigenvalue weighted by Gasteiger charge is -2.23. The van der Waals surface area contributed by atoms with Crippen LogP contribution in [-0.4, -0.2) is 197 Å². The summed E-state index contributed by atoms with van der Waals surface area (Å²) in [4.78, 5) is 54.6. The van der Waals surface area contributed by atoms with Crippen molar-refractivity contribution in [3.05, 3.63) is 70.8 Å². The quantitative estimate of drug-likeness (QED) is 0.0131. The van der Waals surface area contributed by atoms with Crippen LogP contribution < -0.4 is 15.8 Å². The van der Waals surface area contributed by atoms with Gasteiger partial charge < -0.3 is 63.2 Å². The van der Waals surface area contributed by atoms with Gasteiger partial charge in [0, 0.05) is 48.5 Å². The summed E-state index contributed by atoms with van der Waals surface area (Å²) in [7, 11) is -5.65. The molecule has 0 saturated carbocycles. The zero-order valence-electron chi connectivity index (χ0n) is 46.3. The largest absolute Gasteiger partial charge is 0.420 e. The van der Waals surface area contributed by atoms with Gasteiger partial charge in [-0.3, -0.25) is 23.8 Å². The van der Waals surface area contributed by atoms with E-state index in [1.165, 1.54) is 5.06 Å². The van der Waals surface area contributed by atoms with Crippen LogP contribution in [0.5, 0.6) is 5.75 Å². The first-order valence-electron chi connectivity index (χ1n) is 26.5. The highest BCUT2D eigenvalue weighted by atomic mass is 32.2. The predicted molar refractivity (Wildman–Crippen MR) is 285 cm³/mol. The summed E-state index contributed by atoms with van der Waals surface area (Å²) in [6.07, 6.45) is 5.69. The summed E-state index contributed by atoms with van der Waals surface area (Å²) in [5.41, 5.74) is 9.71. The number of amidine groups is 1. The number of hydroxylamine groups is 2. The normalized spacial score (nSPS) is 12.5. The molecule has 24 nitrogen and oxygen atoms in total. The number of hydrogen-bond donors (Lipinski definition) is 3. The number of aliphatic imine (C=N–C) groups is 1. The van der Waals surface area contributed by atoms with Gasteiger partial charge in [-0.2, -0.15) is 17.2 Å². The molecule has 3 aromatic rings. The molecule has 0 atom stereocenters. The fourth-order valence-corrected chi connectivity index (χ4v) is 7.50. The summed E-state index contributed by atoms with van der Waals surface area (Å²) in [5, 5.41) is 4.21. The molecule has 29 heteroatoms. The molecule has 0 fully saturated rings. The lowest BCUT2D eigenvalue weighted by molar-refractivity contribution is -0.185. The van der Waals surface area contributed by atoms with Crippen molar-refractivity contribution in [3.63, 3.8) is 0 Å². The summed E-state index contributed by atoms with van der Waals surface area (Å²) in [6, 6.07) is 5.66. The van der Waals surface area contributed by atoms with Crippen LogP contribution >= 0.6 is 0 Å². The van der Waals surface area contributed by atoms with Crippen molar-refractivity contribution in [2.24, 2.45) is 16.6 Å². The fourth-order valence-electron chi connectivity index (χ4n) is 6.87. The van der Waals surface area contributed by atoms with Crippen LogP contribution in [0.15, 0.2) is 46.1 Å². The van der Waals surface area contributed by atoms with E-state index in [0.717, 1.165) is 23.1 Å². The number of halogens is 4. The van der Waals surface area contributed by atoms with Crippen molar-refractivity contribution in [2.45, 2.75) is 57.9 Å². The third-order valence-electron chi connectivity index (χ3n) is 10.9. The number of rotatable bonds is 44. The number of nitrogens with zero attached hydrogens (tertiary/aromatic N) is 4. The number of ether oxygens (including phenoxy) is 11. The van der Waals surface area contributed by atoms with Gasteiger partial charge in [-0.1, -0.05) is 32.9 Å². The van der Waals surface area contributed by atoms with Gasteiger partial charge in [-0.15, -0.1) is 0 Å². The van der Waals surface area contributed by atoms with E-state index >= 15 is 0 Å². The lowest BCUT2D eigenvalue weighted by Crippen LogP contribution is -2.35. The second-order valence-electron chi connectivity index (χ2n) is 18.0. The average molecular weight is 1190 g/mol. The molecule has 0 saturated heterocycles. The number of carbonyl (C=O) groups is 3. The van der Waals surface area contributed by atoms with Gasteiger partial charge in [0.1, 0.15) is 11.7 Å². The van der Waals surface area contributed by atoms with E-state index in [-0.39, 0.29) is 76.8 Å². The molecule has 458 valence electrons. The van der Waals surface area contributed by atoms with Crippen molar-refractivity contribution in [1.29, 1.82) is 0 Å². The van der Waals surface area contributed by atoms with Gasteiger partial charge in [0.2, 0.25) is 23.3 Å². The standard InChI is InChI=1S/C53H74F4N6O18S/c1-4-9-63(80-36-37(2)3)53(66)40-30-39-6-5-38(31-42(39)62-43(58)32-40)41-33-59-44(60-34-41)35-61-45(64)7-10-70-12-14-72-16-18-74-20-22-76-24-26-78-28-29-79-27-25-77-23-21-75-19-17-73-15-13-71-11-8-46(65)81-51-47(54)49(56)52(82(67,68)69)50(57)48(51)55/h5-6,30-31,33-34,37H,4,7-29,32,35-36H2,1-3H3,(H2,58,62)(H,61,64)(H,67,68,69). The predicted octanol–water partition coefficient (Wildman–Crippen LogP) is 4.72. The number of benzene rings is 2. The molecule has 0 bridgehead atoms. The molecule has 4 N–H and O–H groups in total. The highest BCUT2D eigenvalue weighted by Crippen LogP contribution is 2.34. The molecule has 0 unspecified atom stereocenters. The number of fused-ring (bicyclic) bond motifs is 1. The first-order chi connectivity index (χ1) is 39.5. The summed E-state index contributed by atoms with van der Waals surface area (Å²) in [6.45, 7) is 12.8. The van der Waals surface area contributed by atoms with E-state index < -0.39 is 56.4 Å². The molecular formula is C53H74F4N6O18S. The number of carbonyl (C=O) groups excluding carboxylic acids is 3. The molecule has 1 aromatic heterocycles. The Morgan fingerprint density at radius 3 is 1.56 bits per heavy atom. The first kappa shape index (κ1) is 68.8. The van der Waals surface area contributed by atoms with Crippen LogP contribution in [0.25, 0.3) is 17.2 Å². The lowest BCUT2D eigenvalue weighted by atomic mass is 10.0. The van der Waals surface area contributed by atoms with Gasteiger partial charge in [0.15, 0.2) is 16.5 Å². The Balaban J connectivity index is 0.867. The fraction of sp³-hybridized carbons (Fsp3) is 0.585. The Morgan fingerprint density at radius 1 is 0.671 bits per heavy atom. The highest BCUT2D eigenvalue weighted by Gasteiger charge is 2.34. The Hall–Kier alpha value is -5.67. The number of nitrogens with one attached hydrogen (secondary N) is 1. The van der Waals surface area contributed by atoms with Crippen LogP contribution in [0.2, 0.25) is 0 Å². The van der Waals surface area contributed by atoms with Crippen molar-refractivity contribution >= 4 is 45.5 Å². The maximum Gasteiger partial charge on any atom is 0.313 e. The molecule has 2 amide bonds. The van der Waals surface area contributed by atoms with E-state index in [1.807, 2.05) is 45.0 Å². The summed E-state index contributed by atoms with van der Waals surface area (Å²) >= 11 is 0. The van der Waals surface area contributed by atoms with Crippen LogP contribution in [0.4, 0.5) is 23.2 Å². The Kier molecular flexibility index (Phi) is 32.7. The number of amides is 2. The molecule has 1 aliphatic heterocycles. The second-order valence-corrected chi connectivity index (χ2v) is 19.3. The first-order valence-corrected chi connectivity index (χ1v) is 28.0. The molecule has 0 aliphatic carbocycles. The van der Waals surface area contributed by atoms with Crippen LogP contribution in [0.1, 0.15) is 57.8 Å². The molecular weight excluding hydrogens is 1120 g/mol. The van der Waals surface area contributed by atoms with Crippen molar-refractivity contribution in [1.82, 2.24) is 20.3 Å². The molecule has 82 heavy (non-hydrogen) atoms. The summed E-state index contributed by atoms with van der Waals surface area (Å²) < 4.78 is 145. The SMILES string of the molecule is CCCN(OCC(C)C)C(=O)C1=Cc2ccc(-c3cnc(CNC(=O)CCOCCOCCOCCOCCOCCOCCOCCOCCOCCOCCC(=O)Oc4c(F)c(F)c(S(=O)(=O)O)c(F)c4F)nc3)cc2N=C(N)C1. The van der Waals surface area contributed by atoms with Crippen molar-refractivity contribution in [3.8, 4) is 16.9 Å². The third-order valence-corrected chi connectivity index (χ3v) is 11.8. The van der Waals surface area contributed by atoms with Crippen LogP contribution in [0.3, 0.4) is 0 Å². The number of esters is 1. The minimum atomic E-state index is -5.65. The van der Waals surface area contributed by atoms with E-state index in [1.54, 1.807) is 12.4 Å². The monoisotopic (exact) mass is 1190 g/mol. The number of aromatic nitrogens is 2. The van der Waals surface area contributed by atoms with Crippen LogP contribution in [0, 0.1) is 29.2 Å². The number of nitrogens with two attached hydrogens (primary N) is 1. The smallest absolute Gasteiger partial charge is 0.313 e. The van der Waals surface area contributed by atoms with Gasteiger partial charge in [-0.05, 0) is 30.0 Å². The molecule has 0 spiro atoms. The van der Waals surface area contributed by atoms with Gasteiger partial charge >= 0.3 is 16.1 Å². The maximum absolute atomic E-state index is 14.0. The summed E-state index contributed by atoms with van der Waals surface area (Å²) in [5.74, 6) is -12.1. The molecule has 1 aliphatic rings. The van der Waals surface area contributed by atoms with E-state index in [2.05, 4.69) is 25.0 Å². The van der Waals surface area contributed by atoms with Crippen molar-refractivity contribution in [2.75, 3.05) is 145 Å². The highest BCUT2D eigenvalue weighted by molar-refractivity contribution is 7.85. The van der Waals surface area contributed by atoms with Gasteiger partial charge in [0.05, 0.1) is 157 Å². The van der Waals surface area contributed by atoms with E-state index in [9.17, 15) is 40.4 Å². The second kappa shape index (κ2) is 39.0. The molecule has 4 rings (SSSR count). The zero-order chi connectivity index (χ0) is 59.5.